The molecule has 0 aromatic heterocycles. The van der Waals surface area contributed by atoms with Gasteiger partial charge in [-0.25, -0.2) is 0 Å². The average Bonchev–Trinajstić information content (AvgIpc) is 0.796. The molecule has 0 radical (unpaired) electrons. The number of aliphatic carboxylic acids is 3. The van der Waals surface area contributed by atoms with Crippen LogP contribution < -0.4 is 0 Å². The Hall–Kier alpha value is -9.27. The van der Waals surface area contributed by atoms with E-state index < -0.39 is 47.3 Å². The maximum Gasteiger partial charge on any atom is 0.307 e. The van der Waals surface area contributed by atoms with Crippen LogP contribution in [0.5, 0.6) is 0 Å². The van der Waals surface area contributed by atoms with Crippen molar-refractivity contribution in [1.29, 1.82) is 0 Å². The lowest BCUT2D eigenvalue weighted by Crippen LogP contribution is -2.39. The van der Waals surface area contributed by atoms with E-state index in [2.05, 4.69) is 207 Å². The first-order chi connectivity index (χ1) is 49.5. The molecule has 4 aliphatic rings. The topological polar surface area (TPSA) is 228 Å². The number of carbonyl (C=O) groups excluding carboxylic acids is 4. The predicted molar refractivity (Wildman–Crippen MR) is 431 cm³/mol. The molecule has 0 amide bonds. The second kappa shape index (κ2) is 44.0. The van der Waals surface area contributed by atoms with E-state index in [1.165, 1.54) is 39.0 Å². The number of Topliss-reactive ketones (excluding diaryl/α,β-unsaturated/α-hetero) is 1. The van der Waals surface area contributed by atoms with Gasteiger partial charge in [0.2, 0.25) is 0 Å². The van der Waals surface area contributed by atoms with Gasteiger partial charge in [0.15, 0.2) is 11.9 Å². The molecule has 0 spiro atoms. The minimum Gasteiger partial charge on any atom is -0.481 e. The lowest BCUT2D eigenvalue weighted by Gasteiger charge is -2.37. The first-order valence-electron chi connectivity index (χ1n) is 36.9. The summed E-state index contributed by atoms with van der Waals surface area (Å²) in [6, 6.07) is 0. The molecule has 0 fully saturated rings. The third-order valence-electron chi connectivity index (χ3n) is 19.0. The van der Waals surface area contributed by atoms with Gasteiger partial charge >= 0.3 is 35.8 Å². The fourth-order valence-electron chi connectivity index (χ4n) is 13.5. The number of hydrogen-bond acceptors (Lipinski definition) is 11. The van der Waals surface area contributed by atoms with Gasteiger partial charge in [0.1, 0.15) is 12.2 Å². The summed E-state index contributed by atoms with van der Waals surface area (Å²) in [5.41, 5.74) is 17.0. The summed E-state index contributed by atoms with van der Waals surface area (Å²) in [6.07, 6.45) is 59.5. The number of carboxylic acid groups (broad SMARTS) is 3. The van der Waals surface area contributed by atoms with Crippen LogP contribution >= 0.6 is 0 Å². The van der Waals surface area contributed by atoms with Gasteiger partial charge in [0.05, 0.1) is 44.6 Å². The summed E-state index contributed by atoms with van der Waals surface area (Å²) in [6.45, 7) is 41.5. The zero-order valence-corrected chi connectivity index (χ0v) is 67.0. The Morgan fingerprint density at radius 2 is 0.604 bits per heavy atom. The summed E-state index contributed by atoms with van der Waals surface area (Å²) < 4.78 is 16.5. The van der Waals surface area contributed by atoms with Gasteiger partial charge in [0, 0.05) is 19.3 Å². The third kappa shape index (κ3) is 34.3. The summed E-state index contributed by atoms with van der Waals surface area (Å²) in [7, 11) is 0. The molecule has 106 heavy (non-hydrogen) atoms. The fourth-order valence-corrected chi connectivity index (χ4v) is 13.5. The van der Waals surface area contributed by atoms with Gasteiger partial charge in [0.25, 0.3) is 0 Å². The van der Waals surface area contributed by atoms with Crippen LogP contribution in [-0.4, -0.2) is 86.4 Å². The molecule has 14 nitrogen and oxygen atoms in total. The molecule has 4 unspecified atom stereocenters. The molecular weight excluding hydrogens is 1330 g/mol. The minimum absolute atomic E-state index is 0.0222. The van der Waals surface area contributed by atoms with Crippen LogP contribution in [0.1, 0.15) is 222 Å². The molecule has 0 bridgehead atoms. The van der Waals surface area contributed by atoms with Crippen LogP contribution in [0, 0.1) is 21.7 Å². The Kier molecular flexibility index (Phi) is 37.7. The van der Waals surface area contributed by atoms with Crippen LogP contribution in [0.15, 0.2) is 259 Å². The van der Waals surface area contributed by atoms with Gasteiger partial charge in [-0.3, -0.25) is 33.6 Å². The largest absolute Gasteiger partial charge is 0.481 e. The van der Waals surface area contributed by atoms with Gasteiger partial charge in [-0.15, -0.1) is 0 Å². The number of ketones is 1. The number of hydrogen-bond donors (Lipinski definition) is 4. The van der Waals surface area contributed by atoms with Crippen molar-refractivity contribution in [2.24, 2.45) is 21.7 Å². The number of aliphatic hydroxyl groups is 1. The van der Waals surface area contributed by atoms with Crippen molar-refractivity contribution < 1.29 is 68.2 Å². The molecule has 574 valence electrons. The summed E-state index contributed by atoms with van der Waals surface area (Å²) >= 11 is 0. The highest BCUT2D eigenvalue weighted by atomic mass is 16.6. The summed E-state index contributed by atoms with van der Waals surface area (Å²) in [5, 5.41) is 36.6. The molecule has 0 saturated heterocycles. The molecule has 4 atom stereocenters. The Morgan fingerprint density at radius 1 is 0.349 bits per heavy atom. The van der Waals surface area contributed by atoms with Crippen LogP contribution in [0.25, 0.3) is 0 Å². The Bertz CT molecular complexity index is 3790. The third-order valence-corrected chi connectivity index (χ3v) is 19.0. The number of aliphatic hydroxyl groups excluding tert-OH is 1. The van der Waals surface area contributed by atoms with Crippen molar-refractivity contribution in [2.75, 3.05) is 0 Å². The van der Waals surface area contributed by atoms with Gasteiger partial charge in [-0.1, -0.05) is 287 Å². The normalized spacial score (nSPS) is 22.0. The van der Waals surface area contributed by atoms with Crippen molar-refractivity contribution in [2.45, 2.75) is 246 Å². The molecule has 4 aliphatic carbocycles. The summed E-state index contributed by atoms with van der Waals surface area (Å²) in [4.78, 5) is 81.5. The van der Waals surface area contributed by atoms with Gasteiger partial charge in [-0.05, 0) is 158 Å². The SMILES string of the molecule is CC1=C(/C=C/C(C)=C/C=C/C(C)=C/C=C/C=C(C)/C=C/C=C(C)/C=C/C2=C(C)C(=O)C(OC(=O)CCC(=O)O)CC2(C)C)C(C)(C)CC(O)C1.CC1=C(/C=C/C(C)=C/C=C/C(C)=C/C=C/C=C(C)/C=C/C=C(C)/C=C/C2=C(C)CC(OC(=O)CCC(=O)O)CC2(C)C)C(C)(C)CC(OC(=O)CCC(=O)O)C1. The van der Waals surface area contributed by atoms with E-state index in [1.807, 2.05) is 94.5 Å². The van der Waals surface area contributed by atoms with Crippen molar-refractivity contribution in [3.63, 3.8) is 0 Å². The predicted octanol–water partition coefficient (Wildman–Crippen LogP) is 21.5. The van der Waals surface area contributed by atoms with E-state index >= 15 is 0 Å². The second-order valence-corrected chi connectivity index (χ2v) is 31.3. The van der Waals surface area contributed by atoms with Crippen LogP contribution in [-0.2, 0) is 47.8 Å². The van der Waals surface area contributed by atoms with E-state index in [9.17, 15) is 38.7 Å². The lowest BCUT2D eigenvalue weighted by molar-refractivity contribution is -0.157. The zero-order valence-electron chi connectivity index (χ0n) is 67.0. The summed E-state index contributed by atoms with van der Waals surface area (Å²) in [5.74, 6) is -4.91. The first-order valence-corrected chi connectivity index (χ1v) is 36.9. The minimum atomic E-state index is -1.08. The molecular formula is C92H122O14. The van der Waals surface area contributed by atoms with E-state index in [1.54, 1.807) is 6.92 Å². The molecule has 0 heterocycles. The van der Waals surface area contributed by atoms with Crippen LogP contribution in [0.2, 0.25) is 0 Å². The number of carbonyl (C=O) groups is 7. The van der Waals surface area contributed by atoms with Crippen molar-refractivity contribution in [1.82, 2.24) is 0 Å². The smallest absolute Gasteiger partial charge is 0.307 e. The number of allylic oxidation sites excluding steroid dienone is 40. The molecule has 0 aromatic carbocycles. The van der Waals surface area contributed by atoms with Crippen molar-refractivity contribution >= 4 is 41.6 Å². The molecule has 14 heteroatoms. The van der Waals surface area contributed by atoms with E-state index in [-0.39, 0.29) is 78.9 Å². The Labute approximate surface area is 633 Å². The molecule has 4 N–H and O–H groups in total. The molecule has 0 saturated carbocycles. The maximum absolute atomic E-state index is 13.0. The Balaban J connectivity index is 0.000000554. The highest BCUT2D eigenvalue weighted by Crippen LogP contribution is 2.45. The molecule has 4 rings (SSSR count). The molecule has 0 aromatic rings. The highest BCUT2D eigenvalue weighted by molar-refractivity contribution is 6.01. The maximum atomic E-state index is 13.0. The highest BCUT2D eigenvalue weighted by Gasteiger charge is 2.41. The van der Waals surface area contributed by atoms with Gasteiger partial charge in [-0.2, -0.15) is 0 Å². The van der Waals surface area contributed by atoms with E-state index in [4.69, 9.17) is 29.5 Å². The van der Waals surface area contributed by atoms with Crippen molar-refractivity contribution in [3.8, 4) is 0 Å². The fraction of sp³-hybridized carbons (Fsp3) is 0.446. The van der Waals surface area contributed by atoms with E-state index in [0.29, 0.717) is 37.7 Å². The Morgan fingerprint density at radius 3 is 0.896 bits per heavy atom. The standard InChI is InChI=1S/C48H64O8.C44H58O6/c1-33(17-13-19-35(3)21-23-41-37(5)29-39(31-47(41,7)8)55-45(53)27-25-43(49)50)15-11-12-16-34(2)18-14-20-36(4)22-24-42-38(6)30-40(32-48(42,9)10)56-46(54)28-26-44(51)52;1-30(17-13-19-32(3)21-23-37-34(5)27-36(45)28-43(37,7)8)15-11-12-16-31(2)18-14-20-33(4)22-24-38-35(6)42(49)39(29-44(38,9)10)50-41(48)26-25-40(46)47/h11-24,39-40H,25-32H2,1-10H3,(H,49,50)(H,51,52);11-24,36,39,45H,25-29H2,1-10H3,(H,46,47)/b12-11+,17-13+,18-14+,23-21+,24-22+,33-15+,34-16+,35-19+,36-20+;12-11+,17-13+,18-14+,23-21+,24-22+,30-15+,31-16+,32-19+,33-20+. The first kappa shape index (κ1) is 90.9. The second-order valence-electron chi connectivity index (χ2n) is 31.3. The number of rotatable bonds is 32. The zero-order chi connectivity index (χ0) is 79.7. The van der Waals surface area contributed by atoms with Crippen molar-refractivity contribution in [3.05, 3.63) is 259 Å². The van der Waals surface area contributed by atoms with Crippen LogP contribution in [0.3, 0.4) is 0 Å². The van der Waals surface area contributed by atoms with Crippen LogP contribution in [0.4, 0.5) is 0 Å². The average molecular weight is 1450 g/mol. The number of ether oxygens (including phenoxy) is 3. The number of carboxylic acids is 3. The monoisotopic (exact) mass is 1450 g/mol. The lowest BCUT2D eigenvalue weighted by atomic mass is 9.71. The number of esters is 3. The quantitative estimate of drug-likeness (QED) is 0.0279. The molecule has 0 aliphatic heterocycles. The van der Waals surface area contributed by atoms with E-state index in [0.717, 1.165) is 57.4 Å². The van der Waals surface area contributed by atoms with Gasteiger partial charge < -0.3 is 34.6 Å².